The van der Waals surface area contributed by atoms with Crippen LogP contribution in [0.1, 0.15) is 0 Å². The molecule has 3 aromatic rings. The van der Waals surface area contributed by atoms with E-state index in [0.29, 0.717) is 23.5 Å². The van der Waals surface area contributed by atoms with Crippen LogP contribution in [0.2, 0.25) is 0 Å². The zero-order valence-corrected chi connectivity index (χ0v) is 13.3. The maximum absolute atomic E-state index is 12.1. The first-order chi connectivity index (χ1) is 11.3. The Kier molecular flexibility index (Phi) is 5.70. The quantitative estimate of drug-likeness (QED) is 0.629. The molecule has 0 aliphatic carbocycles. The molecule has 1 aromatic heterocycles. The molecule has 0 aliphatic rings. The number of anilines is 3. The summed E-state index contributed by atoms with van der Waals surface area (Å²) in [5.41, 5.74) is 2.78. The standard InChI is InChI=1S/C17H14N4O2.ClH/c22-11-19-12-5-7-13(8-6-12)20-17(23)21-16-9-10-18-15-4-2-1-3-14(15)16;/h1-11H,(H,19,22)(H2,18,20,21,23);1H. The van der Waals surface area contributed by atoms with Gasteiger partial charge in [0.1, 0.15) is 0 Å². The lowest BCUT2D eigenvalue weighted by molar-refractivity contribution is -0.105. The Hall–Kier alpha value is -3.12. The summed E-state index contributed by atoms with van der Waals surface area (Å²) in [6.45, 7) is 0. The first-order valence-corrected chi connectivity index (χ1v) is 6.98. The van der Waals surface area contributed by atoms with Crippen LogP contribution < -0.4 is 16.0 Å². The van der Waals surface area contributed by atoms with Crippen molar-refractivity contribution in [2.24, 2.45) is 0 Å². The summed E-state index contributed by atoms with van der Waals surface area (Å²) < 4.78 is 0. The molecule has 0 atom stereocenters. The van der Waals surface area contributed by atoms with E-state index in [-0.39, 0.29) is 18.4 Å². The second kappa shape index (κ2) is 7.94. The Labute approximate surface area is 144 Å². The Morgan fingerprint density at radius 2 is 1.62 bits per heavy atom. The third-order valence-corrected chi connectivity index (χ3v) is 3.27. The fraction of sp³-hybridized carbons (Fsp3) is 0. The van der Waals surface area contributed by atoms with E-state index in [0.717, 1.165) is 10.9 Å². The van der Waals surface area contributed by atoms with E-state index in [1.54, 1.807) is 36.5 Å². The van der Waals surface area contributed by atoms with Crippen molar-refractivity contribution in [2.45, 2.75) is 0 Å². The van der Waals surface area contributed by atoms with Crippen LogP contribution >= 0.6 is 12.4 Å². The molecule has 0 unspecified atom stereocenters. The topological polar surface area (TPSA) is 83.1 Å². The number of urea groups is 1. The number of halogens is 1. The molecule has 122 valence electrons. The number of carbonyl (C=O) groups is 2. The number of hydrogen-bond acceptors (Lipinski definition) is 3. The van der Waals surface area contributed by atoms with E-state index in [4.69, 9.17) is 0 Å². The van der Waals surface area contributed by atoms with Gasteiger partial charge in [0.25, 0.3) is 0 Å². The SMILES string of the molecule is Cl.O=CNc1ccc(NC(=O)Nc2ccnc3ccccc23)cc1. The van der Waals surface area contributed by atoms with Gasteiger partial charge in [-0.2, -0.15) is 0 Å². The number of carbonyl (C=O) groups excluding carboxylic acids is 2. The minimum absolute atomic E-state index is 0. The molecule has 6 nitrogen and oxygen atoms in total. The largest absolute Gasteiger partial charge is 0.329 e. The molecule has 0 radical (unpaired) electrons. The number of rotatable bonds is 4. The molecule has 0 saturated carbocycles. The predicted molar refractivity (Wildman–Crippen MR) is 97.8 cm³/mol. The maximum Gasteiger partial charge on any atom is 0.323 e. The highest BCUT2D eigenvalue weighted by molar-refractivity contribution is 6.05. The van der Waals surface area contributed by atoms with Gasteiger partial charge in [-0.05, 0) is 36.4 Å². The van der Waals surface area contributed by atoms with Crippen LogP contribution in [0.25, 0.3) is 10.9 Å². The molecule has 1 heterocycles. The number of para-hydroxylation sites is 1. The third kappa shape index (κ3) is 3.99. The van der Waals surface area contributed by atoms with Gasteiger partial charge in [0, 0.05) is 23.0 Å². The van der Waals surface area contributed by atoms with Crippen LogP contribution in [0.5, 0.6) is 0 Å². The van der Waals surface area contributed by atoms with E-state index in [9.17, 15) is 9.59 Å². The fourth-order valence-corrected chi connectivity index (χ4v) is 2.21. The number of aromatic nitrogens is 1. The zero-order valence-electron chi connectivity index (χ0n) is 12.5. The van der Waals surface area contributed by atoms with Gasteiger partial charge in [0.05, 0.1) is 11.2 Å². The van der Waals surface area contributed by atoms with Crippen molar-refractivity contribution in [1.29, 1.82) is 0 Å². The summed E-state index contributed by atoms with van der Waals surface area (Å²) in [6.07, 6.45) is 2.25. The lowest BCUT2D eigenvalue weighted by Gasteiger charge is -2.10. The first-order valence-electron chi connectivity index (χ1n) is 6.98. The lowest BCUT2D eigenvalue weighted by Crippen LogP contribution is -2.19. The van der Waals surface area contributed by atoms with Gasteiger partial charge in [0.15, 0.2) is 0 Å². The zero-order chi connectivity index (χ0) is 16.1. The highest BCUT2D eigenvalue weighted by Crippen LogP contribution is 2.21. The Morgan fingerprint density at radius 1 is 0.917 bits per heavy atom. The van der Waals surface area contributed by atoms with Gasteiger partial charge in [-0.15, -0.1) is 12.4 Å². The number of fused-ring (bicyclic) bond motifs is 1. The van der Waals surface area contributed by atoms with Crippen molar-refractivity contribution in [3.05, 3.63) is 60.8 Å². The molecular weight excluding hydrogens is 328 g/mol. The number of hydrogen-bond donors (Lipinski definition) is 3. The van der Waals surface area contributed by atoms with Crippen molar-refractivity contribution in [3.63, 3.8) is 0 Å². The van der Waals surface area contributed by atoms with Crippen molar-refractivity contribution < 1.29 is 9.59 Å². The van der Waals surface area contributed by atoms with E-state index in [1.165, 1.54) is 0 Å². The summed E-state index contributed by atoms with van der Waals surface area (Å²) in [5, 5.41) is 8.95. The Balaban J connectivity index is 0.00000208. The Morgan fingerprint density at radius 3 is 2.38 bits per heavy atom. The van der Waals surface area contributed by atoms with Crippen molar-refractivity contribution in [1.82, 2.24) is 4.98 Å². The molecule has 0 saturated heterocycles. The molecule has 0 aliphatic heterocycles. The van der Waals surface area contributed by atoms with E-state index in [2.05, 4.69) is 20.9 Å². The predicted octanol–water partition coefficient (Wildman–Crippen LogP) is 3.87. The highest BCUT2D eigenvalue weighted by Gasteiger charge is 2.06. The van der Waals surface area contributed by atoms with Crippen LogP contribution in [-0.4, -0.2) is 17.4 Å². The van der Waals surface area contributed by atoms with E-state index in [1.807, 2.05) is 24.3 Å². The average Bonchev–Trinajstić information content (AvgIpc) is 2.57. The highest BCUT2D eigenvalue weighted by atomic mass is 35.5. The normalized spacial score (nSPS) is 9.67. The molecule has 3 N–H and O–H groups in total. The summed E-state index contributed by atoms with van der Waals surface area (Å²) in [5.74, 6) is 0. The molecule has 24 heavy (non-hydrogen) atoms. The van der Waals surface area contributed by atoms with Gasteiger partial charge in [0.2, 0.25) is 6.41 Å². The summed E-state index contributed by atoms with van der Waals surface area (Å²) in [4.78, 5) is 26.7. The number of amides is 3. The molecule has 0 bridgehead atoms. The number of pyridine rings is 1. The van der Waals surface area contributed by atoms with Gasteiger partial charge in [-0.1, -0.05) is 18.2 Å². The van der Waals surface area contributed by atoms with Gasteiger partial charge in [-0.25, -0.2) is 4.79 Å². The minimum Gasteiger partial charge on any atom is -0.329 e. The molecule has 2 aromatic carbocycles. The number of nitrogens with one attached hydrogen (secondary N) is 3. The monoisotopic (exact) mass is 342 g/mol. The van der Waals surface area contributed by atoms with Crippen molar-refractivity contribution >= 4 is 52.8 Å². The van der Waals surface area contributed by atoms with E-state index < -0.39 is 0 Å². The second-order valence-electron chi connectivity index (χ2n) is 4.79. The smallest absolute Gasteiger partial charge is 0.323 e. The summed E-state index contributed by atoms with van der Waals surface area (Å²) in [6, 6.07) is 15.8. The van der Waals surface area contributed by atoms with Crippen LogP contribution in [0.3, 0.4) is 0 Å². The van der Waals surface area contributed by atoms with Crippen LogP contribution in [-0.2, 0) is 4.79 Å². The summed E-state index contributed by atoms with van der Waals surface area (Å²) >= 11 is 0. The van der Waals surface area contributed by atoms with E-state index >= 15 is 0 Å². The molecule has 7 heteroatoms. The molecular formula is C17H15ClN4O2. The molecule has 0 fully saturated rings. The molecule has 3 rings (SSSR count). The van der Waals surface area contributed by atoms with Crippen molar-refractivity contribution in [2.75, 3.05) is 16.0 Å². The number of nitrogens with zero attached hydrogens (tertiary/aromatic N) is 1. The summed E-state index contributed by atoms with van der Waals surface area (Å²) in [7, 11) is 0. The molecule has 3 amide bonds. The second-order valence-corrected chi connectivity index (χ2v) is 4.79. The van der Waals surface area contributed by atoms with Crippen LogP contribution in [0, 0.1) is 0 Å². The average molecular weight is 343 g/mol. The fourth-order valence-electron chi connectivity index (χ4n) is 2.21. The maximum atomic E-state index is 12.1. The first kappa shape index (κ1) is 17.2. The van der Waals surface area contributed by atoms with Crippen LogP contribution in [0.4, 0.5) is 21.9 Å². The van der Waals surface area contributed by atoms with Crippen molar-refractivity contribution in [3.8, 4) is 0 Å². The van der Waals surface area contributed by atoms with Crippen LogP contribution in [0.15, 0.2) is 60.8 Å². The molecule has 0 spiro atoms. The number of benzene rings is 2. The lowest BCUT2D eigenvalue weighted by atomic mass is 10.2. The minimum atomic E-state index is -0.350. The third-order valence-electron chi connectivity index (χ3n) is 3.27. The van der Waals surface area contributed by atoms with Gasteiger partial charge in [-0.3, -0.25) is 9.78 Å². The van der Waals surface area contributed by atoms with Gasteiger partial charge < -0.3 is 16.0 Å². The Bertz CT molecular complexity index is 847. The van der Waals surface area contributed by atoms with Gasteiger partial charge >= 0.3 is 6.03 Å².